The van der Waals surface area contributed by atoms with Crippen LogP contribution in [0.2, 0.25) is 0 Å². The molecule has 0 spiro atoms. The minimum atomic E-state index is -0.664. The summed E-state index contributed by atoms with van der Waals surface area (Å²) in [6, 6.07) is 5.40. The molecule has 1 heterocycles. The van der Waals surface area contributed by atoms with Crippen LogP contribution in [0.15, 0.2) is 34.4 Å². The molecule has 1 atom stereocenters. The van der Waals surface area contributed by atoms with E-state index in [-0.39, 0.29) is 23.3 Å². The summed E-state index contributed by atoms with van der Waals surface area (Å²) in [6.07, 6.45) is 0. The van der Waals surface area contributed by atoms with Crippen molar-refractivity contribution in [3.63, 3.8) is 0 Å². The van der Waals surface area contributed by atoms with Crippen LogP contribution in [0.1, 0.15) is 24.2 Å². The third-order valence-electron chi connectivity index (χ3n) is 3.38. The van der Waals surface area contributed by atoms with Crippen molar-refractivity contribution in [2.24, 2.45) is 0 Å². The van der Waals surface area contributed by atoms with Crippen molar-refractivity contribution in [1.29, 1.82) is 0 Å². The lowest BCUT2D eigenvalue weighted by Gasteiger charge is -2.14. The standard InChI is InChI=1S/C16H17FN2O4S/c1-10-9-24-16(22)19(10)7-15(21)23-8-14(20)18-11(2)12-3-5-13(17)6-4-12/h3-6,9,11H,7-8H2,1-2H3,(H,18,20)/t11-/m1/s1. The summed E-state index contributed by atoms with van der Waals surface area (Å²) < 4.78 is 19.0. The van der Waals surface area contributed by atoms with E-state index >= 15 is 0 Å². The van der Waals surface area contributed by atoms with E-state index in [1.807, 2.05) is 0 Å². The van der Waals surface area contributed by atoms with Crippen LogP contribution in [0.5, 0.6) is 0 Å². The summed E-state index contributed by atoms with van der Waals surface area (Å²) in [5, 5.41) is 4.29. The van der Waals surface area contributed by atoms with Gasteiger partial charge in [0.1, 0.15) is 12.4 Å². The Morgan fingerprint density at radius 1 is 1.33 bits per heavy atom. The Hall–Kier alpha value is -2.48. The van der Waals surface area contributed by atoms with E-state index < -0.39 is 18.5 Å². The first-order valence-electron chi connectivity index (χ1n) is 7.22. The molecule has 0 saturated heterocycles. The Labute approximate surface area is 141 Å². The predicted molar refractivity (Wildman–Crippen MR) is 87.2 cm³/mol. The van der Waals surface area contributed by atoms with Gasteiger partial charge in [-0.2, -0.15) is 0 Å². The molecule has 0 saturated carbocycles. The van der Waals surface area contributed by atoms with Crippen molar-refractivity contribution in [2.75, 3.05) is 6.61 Å². The van der Waals surface area contributed by atoms with Gasteiger partial charge in [0.05, 0.1) is 6.04 Å². The highest BCUT2D eigenvalue weighted by molar-refractivity contribution is 7.07. The van der Waals surface area contributed by atoms with E-state index in [1.54, 1.807) is 31.4 Å². The number of nitrogens with one attached hydrogen (secondary N) is 1. The van der Waals surface area contributed by atoms with Crippen LogP contribution in [0.25, 0.3) is 0 Å². The molecule has 2 aromatic rings. The largest absolute Gasteiger partial charge is 0.454 e. The Morgan fingerprint density at radius 2 is 2.00 bits per heavy atom. The Kier molecular flexibility index (Phi) is 5.86. The smallest absolute Gasteiger partial charge is 0.326 e. The van der Waals surface area contributed by atoms with E-state index in [0.717, 1.165) is 16.9 Å². The molecule has 1 amide bonds. The molecule has 0 radical (unpaired) electrons. The number of nitrogens with zero attached hydrogens (tertiary/aromatic N) is 1. The summed E-state index contributed by atoms with van der Waals surface area (Å²) in [4.78, 5) is 34.8. The summed E-state index contributed by atoms with van der Waals surface area (Å²) in [5.41, 5.74) is 1.40. The predicted octanol–water partition coefficient (Wildman–Crippen LogP) is 1.78. The van der Waals surface area contributed by atoms with Crippen LogP contribution in [0.4, 0.5) is 4.39 Å². The maximum Gasteiger partial charge on any atom is 0.326 e. The van der Waals surface area contributed by atoms with Gasteiger partial charge in [-0.3, -0.25) is 19.0 Å². The molecule has 0 aliphatic heterocycles. The van der Waals surface area contributed by atoms with Gasteiger partial charge in [0.15, 0.2) is 6.61 Å². The summed E-state index contributed by atoms with van der Waals surface area (Å²) >= 11 is 0.998. The van der Waals surface area contributed by atoms with Crippen molar-refractivity contribution in [2.45, 2.75) is 26.4 Å². The summed E-state index contributed by atoms with van der Waals surface area (Å²) in [7, 11) is 0. The number of esters is 1. The first kappa shape index (κ1) is 17.9. The van der Waals surface area contributed by atoms with Gasteiger partial charge in [0.2, 0.25) is 0 Å². The number of benzene rings is 1. The van der Waals surface area contributed by atoms with Crippen LogP contribution in [0, 0.1) is 12.7 Å². The Morgan fingerprint density at radius 3 is 2.58 bits per heavy atom. The lowest BCUT2D eigenvalue weighted by molar-refractivity contribution is -0.149. The molecule has 0 fully saturated rings. The number of amides is 1. The number of carbonyl (C=O) groups excluding carboxylic acids is 2. The molecule has 1 N–H and O–H groups in total. The quantitative estimate of drug-likeness (QED) is 0.804. The molecule has 128 valence electrons. The highest BCUT2D eigenvalue weighted by Crippen LogP contribution is 2.12. The average molecular weight is 352 g/mol. The molecule has 1 aromatic carbocycles. The van der Waals surface area contributed by atoms with E-state index in [1.165, 1.54) is 16.7 Å². The van der Waals surface area contributed by atoms with Gasteiger partial charge in [-0.15, -0.1) is 0 Å². The monoisotopic (exact) mass is 352 g/mol. The molecule has 0 aliphatic carbocycles. The molecule has 2 rings (SSSR count). The normalized spacial score (nSPS) is 11.8. The van der Waals surface area contributed by atoms with E-state index in [2.05, 4.69) is 5.32 Å². The lowest BCUT2D eigenvalue weighted by Crippen LogP contribution is -2.32. The molecule has 24 heavy (non-hydrogen) atoms. The Bertz CT molecular complexity index is 782. The molecule has 8 heteroatoms. The zero-order valence-electron chi connectivity index (χ0n) is 13.2. The third kappa shape index (κ3) is 4.76. The average Bonchev–Trinajstić information content (AvgIpc) is 2.85. The second-order valence-corrected chi connectivity index (χ2v) is 6.05. The zero-order valence-corrected chi connectivity index (χ0v) is 14.1. The fourth-order valence-corrected chi connectivity index (χ4v) is 2.77. The topological polar surface area (TPSA) is 77.4 Å². The highest BCUT2D eigenvalue weighted by Gasteiger charge is 2.14. The molecular weight excluding hydrogens is 335 g/mol. The minimum Gasteiger partial charge on any atom is -0.454 e. The van der Waals surface area contributed by atoms with Gasteiger partial charge in [-0.1, -0.05) is 23.5 Å². The molecule has 6 nitrogen and oxygen atoms in total. The van der Waals surface area contributed by atoms with Crippen LogP contribution in [-0.2, 0) is 20.9 Å². The summed E-state index contributed by atoms with van der Waals surface area (Å²) in [6.45, 7) is 2.78. The summed E-state index contributed by atoms with van der Waals surface area (Å²) in [5.74, 6) is -1.50. The minimum absolute atomic E-state index is 0.227. The lowest BCUT2D eigenvalue weighted by atomic mass is 10.1. The SMILES string of the molecule is Cc1csc(=O)n1CC(=O)OCC(=O)N[C@H](C)c1ccc(F)cc1. The Balaban J connectivity index is 1.81. The number of halogens is 1. The van der Waals surface area contributed by atoms with Crippen molar-refractivity contribution in [3.05, 3.63) is 56.4 Å². The van der Waals surface area contributed by atoms with Gasteiger partial charge in [-0.05, 0) is 31.5 Å². The number of carbonyl (C=O) groups is 2. The fraction of sp³-hybridized carbons (Fsp3) is 0.312. The van der Waals surface area contributed by atoms with E-state index in [0.29, 0.717) is 5.69 Å². The molecular formula is C16H17FN2O4S. The van der Waals surface area contributed by atoms with Gasteiger partial charge < -0.3 is 10.1 Å². The van der Waals surface area contributed by atoms with Crippen LogP contribution >= 0.6 is 11.3 Å². The van der Waals surface area contributed by atoms with Gasteiger partial charge in [0, 0.05) is 11.1 Å². The maximum atomic E-state index is 12.9. The number of hydrogen-bond acceptors (Lipinski definition) is 5. The highest BCUT2D eigenvalue weighted by atomic mass is 32.1. The molecule has 0 aliphatic rings. The number of hydrogen-bond donors (Lipinski definition) is 1. The number of thiazole rings is 1. The molecule has 0 bridgehead atoms. The number of aromatic nitrogens is 1. The van der Waals surface area contributed by atoms with Crippen molar-refractivity contribution in [3.8, 4) is 0 Å². The second kappa shape index (κ2) is 7.87. The van der Waals surface area contributed by atoms with Crippen molar-refractivity contribution >= 4 is 23.2 Å². The second-order valence-electron chi connectivity index (χ2n) is 5.23. The van der Waals surface area contributed by atoms with Gasteiger partial charge >= 0.3 is 10.8 Å². The first-order valence-corrected chi connectivity index (χ1v) is 8.10. The van der Waals surface area contributed by atoms with Crippen molar-refractivity contribution < 1.29 is 18.7 Å². The maximum absolute atomic E-state index is 12.9. The van der Waals surface area contributed by atoms with Crippen LogP contribution in [-0.4, -0.2) is 23.1 Å². The van der Waals surface area contributed by atoms with E-state index in [4.69, 9.17) is 4.74 Å². The fourth-order valence-electron chi connectivity index (χ4n) is 2.03. The number of ether oxygens (including phenoxy) is 1. The molecule has 0 unspecified atom stereocenters. The molecule has 1 aromatic heterocycles. The third-order valence-corrected chi connectivity index (χ3v) is 4.26. The van der Waals surface area contributed by atoms with Gasteiger partial charge in [0.25, 0.3) is 5.91 Å². The van der Waals surface area contributed by atoms with Crippen LogP contribution in [0.3, 0.4) is 0 Å². The first-order chi connectivity index (χ1) is 11.4. The van der Waals surface area contributed by atoms with E-state index in [9.17, 15) is 18.8 Å². The number of rotatable bonds is 6. The van der Waals surface area contributed by atoms with Crippen LogP contribution < -0.4 is 10.2 Å². The zero-order chi connectivity index (χ0) is 17.7. The number of aryl methyl sites for hydroxylation is 1. The van der Waals surface area contributed by atoms with Crippen molar-refractivity contribution in [1.82, 2.24) is 9.88 Å². The van der Waals surface area contributed by atoms with Gasteiger partial charge in [-0.25, -0.2) is 4.39 Å².